The Bertz CT molecular complexity index is 475. The Labute approximate surface area is 98.5 Å². The SMILES string of the molecule is Nc1cc(Cl)c(F)cc1Sc1nncs1. The monoisotopic (exact) mass is 261 g/mol. The van der Waals surface area contributed by atoms with Gasteiger partial charge in [0.25, 0.3) is 0 Å². The number of nitrogens with two attached hydrogens (primary N) is 1. The van der Waals surface area contributed by atoms with Crippen LogP contribution in [0.3, 0.4) is 0 Å². The molecule has 0 fully saturated rings. The molecule has 15 heavy (non-hydrogen) atoms. The average molecular weight is 262 g/mol. The minimum Gasteiger partial charge on any atom is -0.398 e. The zero-order valence-electron chi connectivity index (χ0n) is 7.28. The van der Waals surface area contributed by atoms with E-state index in [0.29, 0.717) is 14.9 Å². The van der Waals surface area contributed by atoms with Gasteiger partial charge in [0.05, 0.1) is 5.02 Å². The molecule has 0 bridgehead atoms. The summed E-state index contributed by atoms with van der Waals surface area (Å²) < 4.78 is 13.9. The summed E-state index contributed by atoms with van der Waals surface area (Å²) in [5.41, 5.74) is 7.73. The Balaban J connectivity index is 2.33. The maximum Gasteiger partial charge on any atom is 0.178 e. The summed E-state index contributed by atoms with van der Waals surface area (Å²) in [5.74, 6) is -0.488. The fourth-order valence-electron chi connectivity index (χ4n) is 0.934. The van der Waals surface area contributed by atoms with Crippen LogP contribution in [0.4, 0.5) is 10.1 Å². The van der Waals surface area contributed by atoms with E-state index in [9.17, 15) is 4.39 Å². The molecular formula is C8H5ClFN3S2. The predicted octanol–water partition coefficient (Wildman–Crippen LogP) is 3.06. The lowest BCUT2D eigenvalue weighted by Crippen LogP contribution is -1.90. The number of nitrogens with zero attached hydrogens (tertiary/aromatic N) is 2. The molecule has 0 aliphatic rings. The van der Waals surface area contributed by atoms with Gasteiger partial charge >= 0.3 is 0 Å². The summed E-state index contributed by atoms with van der Waals surface area (Å²) >= 11 is 8.21. The molecule has 3 nitrogen and oxygen atoms in total. The van der Waals surface area contributed by atoms with Crippen LogP contribution in [-0.2, 0) is 0 Å². The summed E-state index contributed by atoms with van der Waals surface area (Å²) in [7, 11) is 0. The minimum atomic E-state index is -0.488. The van der Waals surface area contributed by atoms with Crippen LogP contribution in [0.15, 0.2) is 26.9 Å². The Hall–Kier alpha value is -0.850. The van der Waals surface area contributed by atoms with E-state index in [4.69, 9.17) is 17.3 Å². The second-order valence-corrected chi connectivity index (χ2v) is 5.14. The molecule has 0 amide bonds. The first-order valence-corrected chi connectivity index (χ1v) is 5.93. The molecule has 0 radical (unpaired) electrons. The third-order valence-corrected chi connectivity index (χ3v) is 3.73. The van der Waals surface area contributed by atoms with Gasteiger partial charge in [-0.15, -0.1) is 10.2 Å². The van der Waals surface area contributed by atoms with E-state index in [0.717, 1.165) is 0 Å². The molecule has 2 rings (SSSR count). The van der Waals surface area contributed by atoms with E-state index in [2.05, 4.69) is 10.2 Å². The number of rotatable bonds is 2. The Morgan fingerprint density at radius 3 is 2.93 bits per heavy atom. The van der Waals surface area contributed by atoms with Gasteiger partial charge in [-0.3, -0.25) is 0 Å². The Kier molecular flexibility index (Phi) is 3.08. The molecule has 0 atom stereocenters. The van der Waals surface area contributed by atoms with Crippen LogP contribution in [0.1, 0.15) is 0 Å². The fourth-order valence-corrected chi connectivity index (χ4v) is 2.59. The minimum absolute atomic E-state index is 0.0223. The second kappa shape index (κ2) is 4.34. The standard InChI is InChI=1S/C8H5ClFN3S2/c9-4-1-6(11)7(2-5(4)10)15-8-13-12-3-14-8/h1-3H,11H2. The number of halogens is 2. The van der Waals surface area contributed by atoms with E-state index in [1.807, 2.05) is 0 Å². The predicted molar refractivity (Wildman–Crippen MR) is 59.9 cm³/mol. The van der Waals surface area contributed by atoms with Crippen LogP contribution in [-0.4, -0.2) is 10.2 Å². The van der Waals surface area contributed by atoms with Crippen LogP contribution in [0.25, 0.3) is 0 Å². The number of nitrogen functional groups attached to an aromatic ring is 1. The zero-order valence-corrected chi connectivity index (χ0v) is 9.67. The summed E-state index contributed by atoms with van der Waals surface area (Å²) in [6.07, 6.45) is 0. The average Bonchev–Trinajstić information content (AvgIpc) is 2.67. The number of anilines is 1. The largest absolute Gasteiger partial charge is 0.398 e. The van der Waals surface area contributed by atoms with Crippen molar-refractivity contribution in [3.05, 3.63) is 28.5 Å². The highest BCUT2D eigenvalue weighted by Crippen LogP contribution is 2.35. The molecule has 0 aliphatic carbocycles. The van der Waals surface area contributed by atoms with Gasteiger partial charge in [-0.05, 0) is 12.1 Å². The molecular weight excluding hydrogens is 257 g/mol. The Morgan fingerprint density at radius 1 is 1.47 bits per heavy atom. The van der Waals surface area contributed by atoms with Crippen LogP contribution >= 0.6 is 34.7 Å². The molecule has 2 N–H and O–H groups in total. The van der Waals surface area contributed by atoms with Gasteiger partial charge in [0.2, 0.25) is 0 Å². The van der Waals surface area contributed by atoms with Gasteiger partial charge < -0.3 is 5.73 Å². The smallest absolute Gasteiger partial charge is 0.178 e. The lowest BCUT2D eigenvalue weighted by Gasteiger charge is -2.03. The van der Waals surface area contributed by atoms with E-state index >= 15 is 0 Å². The number of hydrogen-bond donors (Lipinski definition) is 1. The molecule has 0 aliphatic heterocycles. The van der Waals surface area contributed by atoms with Gasteiger partial charge in [-0.1, -0.05) is 34.7 Å². The highest BCUT2D eigenvalue weighted by molar-refractivity contribution is 8.01. The summed E-state index contributed by atoms with van der Waals surface area (Å²) in [5, 5.41) is 7.52. The lowest BCUT2D eigenvalue weighted by molar-refractivity contribution is 0.625. The molecule has 1 heterocycles. The first-order chi connectivity index (χ1) is 7.16. The van der Waals surface area contributed by atoms with E-state index in [1.165, 1.54) is 35.2 Å². The molecule has 78 valence electrons. The number of hydrogen-bond acceptors (Lipinski definition) is 5. The van der Waals surface area contributed by atoms with Crippen molar-refractivity contribution in [3.63, 3.8) is 0 Å². The fraction of sp³-hybridized carbons (Fsp3) is 0. The lowest BCUT2D eigenvalue weighted by atomic mass is 10.3. The summed E-state index contributed by atoms with van der Waals surface area (Å²) in [4.78, 5) is 0.591. The van der Waals surface area contributed by atoms with E-state index in [-0.39, 0.29) is 5.02 Å². The highest BCUT2D eigenvalue weighted by atomic mass is 35.5. The topological polar surface area (TPSA) is 51.8 Å². The van der Waals surface area contributed by atoms with Crippen LogP contribution in [0.2, 0.25) is 5.02 Å². The maximum absolute atomic E-state index is 13.2. The molecule has 1 aromatic heterocycles. The molecule has 0 saturated carbocycles. The van der Waals surface area contributed by atoms with Gasteiger partial charge in [0, 0.05) is 10.6 Å². The van der Waals surface area contributed by atoms with Gasteiger partial charge in [0.1, 0.15) is 11.3 Å². The maximum atomic E-state index is 13.2. The third-order valence-electron chi connectivity index (χ3n) is 1.59. The van der Waals surface area contributed by atoms with Crippen molar-refractivity contribution >= 4 is 40.4 Å². The van der Waals surface area contributed by atoms with Crippen LogP contribution in [0, 0.1) is 5.82 Å². The molecule has 0 saturated heterocycles. The van der Waals surface area contributed by atoms with E-state index < -0.39 is 5.82 Å². The van der Waals surface area contributed by atoms with Crippen molar-refractivity contribution < 1.29 is 4.39 Å². The second-order valence-electron chi connectivity index (χ2n) is 2.61. The quantitative estimate of drug-likeness (QED) is 0.844. The van der Waals surface area contributed by atoms with Crippen molar-refractivity contribution in [2.45, 2.75) is 9.24 Å². The molecule has 2 aromatic rings. The van der Waals surface area contributed by atoms with Gasteiger partial charge in [0.15, 0.2) is 4.34 Å². The molecule has 0 unspecified atom stereocenters. The van der Waals surface area contributed by atoms with Crippen LogP contribution in [0.5, 0.6) is 0 Å². The van der Waals surface area contributed by atoms with Crippen molar-refractivity contribution in [2.24, 2.45) is 0 Å². The van der Waals surface area contributed by atoms with Crippen LogP contribution < -0.4 is 5.73 Å². The van der Waals surface area contributed by atoms with Crippen molar-refractivity contribution in [2.75, 3.05) is 5.73 Å². The number of benzene rings is 1. The highest BCUT2D eigenvalue weighted by Gasteiger charge is 2.09. The normalized spacial score (nSPS) is 10.5. The van der Waals surface area contributed by atoms with Gasteiger partial charge in [-0.2, -0.15) is 0 Å². The van der Waals surface area contributed by atoms with Crippen molar-refractivity contribution in [3.8, 4) is 0 Å². The van der Waals surface area contributed by atoms with Crippen molar-refractivity contribution in [1.82, 2.24) is 10.2 Å². The van der Waals surface area contributed by atoms with Gasteiger partial charge in [-0.25, -0.2) is 4.39 Å². The summed E-state index contributed by atoms with van der Waals surface area (Å²) in [6, 6.07) is 2.68. The zero-order chi connectivity index (χ0) is 10.8. The molecule has 1 aromatic carbocycles. The summed E-state index contributed by atoms with van der Waals surface area (Å²) in [6.45, 7) is 0. The van der Waals surface area contributed by atoms with E-state index in [1.54, 1.807) is 5.51 Å². The first kappa shape index (κ1) is 10.7. The molecule has 0 spiro atoms. The molecule has 7 heteroatoms. The number of aromatic nitrogens is 2. The first-order valence-electron chi connectivity index (χ1n) is 3.85. The third kappa shape index (κ3) is 2.39. The Morgan fingerprint density at radius 2 is 2.27 bits per heavy atom. The van der Waals surface area contributed by atoms with Crippen molar-refractivity contribution in [1.29, 1.82) is 0 Å².